The number of aromatic nitrogens is 4. The lowest BCUT2D eigenvalue weighted by Crippen LogP contribution is -2.37. The number of hydrogen-bond acceptors (Lipinski definition) is 6. The molecule has 1 amide bonds. The number of morpholine rings is 1. The number of unbranched alkanes of at least 4 members (excludes halogenated alkanes) is 1. The Bertz CT molecular complexity index is 1200. The van der Waals surface area contributed by atoms with Gasteiger partial charge in [-0.2, -0.15) is 4.68 Å². The van der Waals surface area contributed by atoms with Crippen molar-refractivity contribution >= 4 is 17.5 Å². The van der Waals surface area contributed by atoms with E-state index in [1.165, 1.54) is 9.25 Å². The van der Waals surface area contributed by atoms with Gasteiger partial charge >= 0.3 is 5.69 Å². The maximum Gasteiger partial charge on any atom is 0.356 e. The summed E-state index contributed by atoms with van der Waals surface area (Å²) in [5.74, 6) is -0.566. The number of pyridine rings is 1. The molecule has 1 unspecified atom stereocenters. The largest absolute Gasteiger partial charge is 0.379 e. The summed E-state index contributed by atoms with van der Waals surface area (Å²) in [7, 11) is 0. The second-order valence-electron chi connectivity index (χ2n) is 8.69. The Morgan fingerprint density at radius 2 is 2.03 bits per heavy atom. The molecule has 2 aromatic heterocycles. The molecular weight excluding hydrogens is 468 g/mol. The molecule has 1 aliphatic rings. The molecule has 1 aliphatic heterocycles. The van der Waals surface area contributed by atoms with Crippen LogP contribution in [0.4, 0.5) is 0 Å². The molecule has 35 heavy (non-hydrogen) atoms. The first-order valence-corrected chi connectivity index (χ1v) is 12.4. The molecule has 4 rings (SSSR count). The maximum absolute atomic E-state index is 13.5. The number of benzene rings is 1. The van der Waals surface area contributed by atoms with Gasteiger partial charge in [-0.1, -0.05) is 43.5 Å². The maximum atomic E-state index is 13.5. The number of carbonyl (C=O) groups excluding carboxylic acids is 1. The standard InChI is InChI=1S/C25H31ClN6O3/c1-2-3-7-21(23(27)33)24-29-32(25(34)31(24)20-6-4-5-19(26)16-20)22-9-8-18(17-28-22)10-11-30-12-14-35-15-13-30/h4-6,8-9,16-17,21H,2-3,7,10-15H2,1H3,(H2,27,33). The Hall–Kier alpha value is -3.01. The van der Waals surface area contributed by atoms with E-state index in [1.807, 2.05) is 13.0 Å². The third kappa shape index (κ3) is 5.98. The van der Waals surface area contributed by atoms with Gasteiger partial charge in [-0.3, -0.25) is 9.69 Å². The molecule has 1 saturated heterocycles. The lowest BCUT2D eigenvalue weighted by atomic mass is 10.0. The molecule has 0 bridgehead atoms. The number of ether oxygens (including phenoxy) is 1. The van der Waals surface area contributed by atoms with Gasteiger partial charge < -0.3 is 10.5 Å². The summed E-state index contributed by atoms with van der Waals surface area (Å²) in [6, 6.07) is 10.6. The highest BCUT2D eigenvalue weighted by atomic mass is 35.5. The zero-order valence-corrected chi connectivity index (χ0v) is 20.7. The molecule has 0 radical (unpaired) electrons. The molecular formula is C25H31ClN6O3. The van der Waals surface area contributed by atoms with Crippen LogP contribution in [0.15, 0.2) is 47.4 Å². The van der Waals surface area contributed by atoms with Crippen LogP contribution in [0, 0.1) is 0 Å². The van der Waals surface area contributed by atoms with Crippen LogP contribution < -0.4 is 11.4 Å². The first-order chi connectivity index (χ1) is 17.0. The summed E-state index contributed by atoms with van der Waals surface area (Å²) in [6.45, 7) is 6.36. The highest BCUT2D eigenvalue weighted by Gasteiger charge is 2.28. The third-order valence-electron chi connectivity index (χ3n) is 6.22. The minimum Gasteiger partial charge on any atom is -0.379 e. The van der Waals surface area contributed by atoms with E-state index >= 15 is 0 Å². The number of nitrogens with two attached hydrogens (primary N) is 1. The van der Waals surface area contributed by atoms with Crippen molar-refractivity contribution in [3.05, 3.63) is 69.5 Å². The normalized spacial score (nSPS) is 15.3. The van der Waals surface area contributed by atoms with E-state index < -0.39 is 17.5 Å². The van der Waals surface area contributed by atoms with Crippen LogP contribution in [-0.2, 0) is 16.0 Å². The molecule has 0 saturated carbocycles. The van der Waals surface area contributed by atoms with Crippen LogP contribution in [0.2, 0.25) is 5.02 Å². The predicted octanol–water partition coefficient (Wildman–Crippen LogP) is 2.71. The van der Waals surface area contributed by atoms with Gasteiger partial charge in [0.15, 0.2) is 11.6 Å². The highest BCUT2D eigenvalue weighted by molar-refractivity contribution is 6.30. The summed E-state index contributed by atoms with van der Waals surface area (Å²) < 4.78 is 8.03. The molecule has 0 spiro atoms. The van der Waals surface area contributed by atoms with Crippen molar-refractivity contribution in [3.63, 3.8) is 0 Å². The SMILES string of the molecule is CCCCC(C(N)=O)c1nn(-c2ccc(CCN3CCOCC3)cn2)c(=O)n1-c1cccc(Cl)c1. The predicted molar refractivity (Wildman–Crippen MR) is 134 cm³/mol. The Labute approximate surface area is 209 Å². The van der Waals surface area contributed by atoms with Gasteiger partial charge in [0.1, 0.15) is 0 Å². The number of hydrogen-bond donors (Lipinski definition) is 1. The smallest absolute Gasteiger partial charge is 0.356 e. The van der Waals surface area contributed by atoms with E-state index in [-0.39, 0.29) is 5.82 Å². The Morgan fingerprint density at radius 3 is 2.69 bits per heavy atom. The Kier molecular flexibility index (Phi) is 8.33. The highest BCUT2D eigenvalue weighted by Crippen LogP contribution is 2.24. The van der Waals surface area contributed by atoms with Gasteiger partial charge in [-0.05, 0) is 42.7 Å². The van der Waals surface area contributed by atoms with E-state index in [0.717, 1.165) is 57.7 Å². The molecule has 0 aliphatic carbocycles. The second-order valence-corrected chi connectivity index (χ2v) is 9.13. The average Bonchev–Trinajstić information content (AvgIpc) is 3.20. The first kappa shape index (κ1) is 25.1. The number of nitrogens with zero attached hydrogens (tertiary/aromatic N) is 5. The number of halogens is 1. The quantitative estimate of drug-likeness (QED) is 0.460. The van der Waals surface area contributed by atoms with Crippen LogP contribution in [0.25, 0.3) is 11.5 Å². The summed E-state index contributed by atoms with van der Waals surface area (Å²) in [6.07, 6.45) is 4.78. The lowest BCUT2D eigenvalue weighted by Gasteiger charge is -2.26. The fraction of sp³-hybridized carbons (Fsp3) is 0.440. The Morgan fingerprint density at radius 1 is 1.23 bits per heavy atom. The van der Waals surface area contributed by atoms with E-state index in [9.17, 15) is 9.59 Å². The number of primary amides is 1. The van der Waals surface area contributed by atoms with Gasteiger partial charge in [0, 0.05) is 30.9 Å². The summed E-state index contributed by atoms with van der Waals surface area (Å²) in [5, 5.41) is 5.02. The van der Waals surface area contributed by atoms with Gasteiger partial charge in [0.05, 0.1) is 24.8 Å². The number of amides is 1. The molecule has 2 N–H and O–H groups in total. The van der Waals surface area contributed by atoms with E-state index in [0.29, 0.717) is 22.9 Å². The fourth-order valence-electron chi connectivity index (χ4n) is 4.22. The topological polar surface area (TPSA) is 108 Å². The van der Waals surface area contributed by atoms with Gasteiger partial charge in [0.25, 0.3) is 0 Å². The summed E-state index contributed by atoms with van der Waals surface area (Å²) >= 11 is 6.20. The average molecular weight is 499 g/mol. The van der Waals surface area contributed by atoms with Gasteiger partial charge in [0.2, 0.25) is 5.91 Å². The van der Waals surface area contributed by atoms with E-state index in [4.69, 9.17) is 22.1 Å². The fourth-order valence-corrected chi connectivity index (χ4v) is 4.41. The van der Waals surface area contributed by atoms with Gasteiger partial charge in [-0.25, -0.2) is 14.3 Å². The van der Waals surface area contributed by atoms with Crippen LogP contribution in [-0.4, -0.2) is 63.0 Å². The van der Waals surface area contributed by atoms with Crippen molar-refractivity contribution < 1.29 is 9.53 Å². The van der Waals surface area contributed by atoms with E-state index in [2.05, 4.69) is 15.0 Å². The van der Waals surface area contributed by atoms with Crippen molar-refractivity contribution in [1.29, 1.82) is 0 Å². The van der Waals surface area contributed by atoms with Crippen LogP contribution in [0.3, 0.4) is 0 Å². The molecule has 1 fully saturated rings. The Balaban J connectivity index is 1.67. The van der Waals surface area contributed by atoms with Crippen molar-refractivity contribution in [2.45, 2.75) is 38.5 Å². The monoisotopic (exact) mass is 498 g/mol. The molecule has 1 atom stereocenters. The van der Waals surface area contributed by atoms with Crippen molar-refractivity contribution in [2.75, 3.05) is 32.8 Å². The molecule has 186 valence electrons. The summed E-state index contributed by atoms with van der Waals surface area (Å²) in [4.78, 5) is 32.8. The van der Waals surface area contributed by atoms with Crippen molar-refractivity contribution in [2.24, 2.45) is 5.73 Å². The van der Waals surface area contributed by atoms with Crippen LogP contribution >= 0.6 is 11.6 Å². The zero-order chi connectivity index (χ0) is 24.8. The number of carbonyl (C=O) groups is 1. The lowest BCUT2D eigenvalue weighted by molar-refractivity contribution is -0.119. The molecule has 10 heteroatoms. The first-order valence-electron chi connectivity index (χ1n) is 12.0. The van der Waals surface area contributed by atoms with E-state index in [1.54, 1.807) is 36.5 Å². The van der Waals surface area contributed by atoms with Gasteiger partial charge in [-0.15, -0.1) is 5.10 Å². The van der Waals surface area contributed by atoms with Crippen LogP contribution in [0.1, 0.15) is 43.5 Å². The second kappa shape index (κ2) is 11.6. The molecule has 9 nitrogen and oxygen atoms in total. The van der Waals surface area contributed by atoms with Crippen LogP contribution in [0.5, 0.6) is 0 Å². The zero-order valence-electron chi connectivity index (χ0n) is 19.9. The summed E-state index contributed by atoms with van der Waals surface area (Å²) in [5.41, 5.74) is 6.90. The third-order valence-corrected chi connectivity index (χ3v) is 6.45. The van der Waals surface area contributed by atoms with Crippen molar-refractivity contribution in [3.8, 4) is 11.5 Å². The minimum absolute atomic E-state index is 0.288. The minimum atomic E-state index is -0.712. The van der Waals surface area contributed by atoms with Crippen molar-refractivity contribution in [1.82, 2.24) is 24.2 Å². The molecule has 3 aromatic rings. The molecule has 3 heterocycles. The number of rotatable bonds is 10. The molecule has 1 aromatic carbocycles.